The Morgan fingerprint density at radius 3 is 2.76 bits per heavy atom. The van der Waals surface area contributed by atoms with Crippen LogP contribution in [0.2, 0.25) is 0 Å². The molecule has 0 saturated carbocycles. The number of aryl methyl sites for hydroxylation is 1. The van der Waals surface area contributed by atoms with Crippen LogP contribution in [0, 0.1) is 0 Å². The van der Waals surface area contributed by atoms with Gasteiger partial charge in [0.25, 0.3) is 5.91 Å². The summed E-state index contributed by atoms with van der Waals surface area (Å²) in [7, 11) is 0. The van der Waals surface area contributed by atoms with Crippen molar-refractivity contribution in [1.82, 2.24) is 20.3 Å². The van der Waals surface area contributed by atoms with E-state index in [9.17, 15) is 4.79 Å². The van der Waals surface area contributed by atoms with Gasteiger partial charge in [-0.2, -0.15) is 0 Å². The van der Waals surface area contributed by atoms with Crippen LogP contribution in [-0.2, 0) is 11.2 Å². The number of carbonyl (C=O) groups is 1. The van der Waals surface area contributed by atoms with Crippen LogP contribution in [0.3, 0.4) is 0 Å². The molecule has 1 aliphatic rings. The quantitative estimate of drug-likeness (QED) is 0.695. The first-order chi connectivity index (χ1) is 10.2. The Balaban J connectivity index is 1.84. The molecule has 7 heteroatoms. The van der Waals surface area contributed by atoms with Crippen LogP contribution in [0.5, 0.6) is 0 Å². The number of hydrogen-bond acceptors (Lipinski definition) is 5. The van der Waals surface area contributed by atoms with Gasteiger partial charge in [-0.05, 0) is 30.2 Å². The molecule has 1 aromatic heterocycles. The number of nitrogens with zero attached hydrogens (tertiary/aromatic N) is 3. The van der Waals surface area contributed by atoms with Crippen molar-refractivity contribution in [2.24, 2.45) is 0 Å². The fourth-order valence-corrected chi connectivity index (χ4v) is 2.94. The second-order valence-electron chi connectivity index (χ2n) is 4.46. The summed E-state index contributed by atoms with van der Waals surface area (Å²) in [6.07, 6.45) is 4.47. The summed E-state index contributed by atoms with van der Waals surface area (Å²) in [6.45, 7) is 2.11. The third-order valence-electron chi connectivity index (χ3n) is 3.04. The standard InChI is InChI=1S/C14H12N4OS2/c1-2-9-3-5-11(6-4-9)18-8-10(16-17-18)7-12-13(19)15-14(20)21-12/h3-8H,2H2,1H3,(H,15,19,20)/b12-7-. The second kappa shape index (κ2) is 5.79. The lowest BCUT2D eigenvalue weighted by Crippen LogP contribution is -2.17. The van der Waals surface area contributed by atoms with E-state index in [2.05, 4.69) is 34.7 Å². The molecule has 0 spiro atoms. The molecule has 1 amide bonds. The molecule has 0 unspecified atom stereocenters. The first-order valence-corrected chi connectivity index (χ1v) is 7.64. The molecule has 5 nitrogen and oxygen atoms in total. The van der Waals surface area contributed by atoms with Crippen LogP contribution in [-0.4, -0.2) is 25.2 Å². The van der Waals surface area contributed by atoms with Gasteiger partial charge >= 0.3 is 0 Å². The third kappa shape index (κ3) is 3.03. The van der Waals surface area contributed by atoms with E-state index < -0.39 is 0 Å². The molecule has 1 aromatic carbocycles. The maximum Gasteiger partial charge on any atom is 0.263 e. The Kier molecular flexibility index (Phi) is 3.85. The van der Waals surface area contributed by atoms with Crippen molar-refractivity contribution in [1.29, 1.82) is 0 Å². The van der Waals surface area contributed by atoms with E-state index in [1.165, 1.54) is 17.3 Å². The van der Waals surface area contributed by atoms with Gasteiger partial charge in [-0.1, -0.05) is 48.2 Å². The molecule has 3 rings (SSSR count). The van der Waals surface area contributed by atoms with Crippen molar-refractivity contribution in [3.8, 4) is 5.69 Å². The number of carbonyl (C=O) groups excluding carboxylic acids is 1. The molecular weight excluding hydrogens is 304 g/mol. The van der Waals surface area contributed by atoms with Gasteiger partial charge < -0.3 is 5.32 Å². The van der Waals surface area contributed by atoms with Gasteiger partial charge in [0, 0.05) is 0 Å². The van der Waals surface area contributed by atoms with E-state index >= 15 is 0 Å². The molecule has 1 fully saturated rings. The van der Waals surface area contributed by atoms with Gasteiger partial charge in [-0.3, -0.25) is 4.79 Å². The van der Waals surface area contributed by atoms with E-state index in [1.54, 1.807) is 17.0 Å². The molecule has 1 aliphatic heterocycles. The zero-order valence-electron chi connectivity index (χ0n) is 11.2. The van der Waals surface area contributed by atoms with Crippen molar-refractivity contribution in [3.05, 3.63) is 46.6 Å². The van der Waals surface area contributed by atoms with Gasteiger partial charge in [0.1, 0.15) is 10.0 Å². The molecular formula is C14H12N4OS2. The Labute approximate surface area is 131 Å². The van der Waals surface area contributed by atoms with E-state index in [1.807, 2.05) is 12.1 Å². The number of amides is 1. The van der Waals surface area contributed by atoms with Crippen molar-refractivity contribution >= 4 is 40.3 Å². The van der Waals surface area contributed by atoms with Gasteiger partial charge in [0.05, 0.1) is 16.8 Å². The van der Waals surface area contributed by atoms with E-state index in [4.69, 9.17) is 12.2 Å². The fourth-order valence-electron chi connectivity index (χ4n) is 1.91. The highest BCUT2D eigenvalue weighted by Crippen LogP contribution is 2.25. The number of thiocarbonyl (C=S) groups is 1. The number of aromatic nitrogens is 3. The number of hydrogen-bond donors (Lipinski definition) is 1. The summed E-state index contributed by atoms with van der Waals surface area (Å²) in [4.78, 5) is 12.1. The monoisotopic (exact) mass is 316 g/mol. The Bertz CT molecular complexity index is 734. The SMILES string of the molecule is CCc1ccc(-n2cc(/C=C3\SC(=S)NC3=O)nn2)cc1. The third-order valence-corrected chi connectivity index (χ3v) is 4.20. The zero-order valence-corrected chi connectivity index (χ0v) is 12.9. The average molecular weight is 316 g/mol. The average Bonchev–Trinajstić information content (AvgIpc) is 3.07. The topological polar surface area (TPSA) is 59.8 Å². The lowest BCUT2D eigenvalue weighted by molar-refractivity contribution is -0.115. The van der Waals surface area contributed by atoms with Crippen molar-refractivity contribution in [3.63, 3.8) is 0 Å². The molecule has 1 saturated heterocycles. The summed E-state index contributed by atoms with van der Waals surface area (Å²) in [5.74, 6) is -0.188. The summed E-state index contributed by atoms with van der Waals surface area (Å²) in [5, 5.41) is 10.7. The van der Waals surface area contributed by atoms with Crippen molar-refractivity contribution < 1.29 is 4.79 Å². The van der Waals surface area contributed by atoms with Crippen LogP contribution in [0.1, 0.15) is 18.2 Å². The van der Waals surface area contributed by atoms with Gasteiger partial charge in [-0.15, -0.1) is 5.10 Å². The maximum atomic E-state index is 11.6. The Hall–Kier alpha value is -1.99. The van der Waals surface area contributed by atoms with Crippen molar-refractivity contribution in [2.75, 3.05) is 0 Å². The van der Waals surface area contributed by atoms with Gasteiger partial charge in [-0.25, -0.2) is 4.68 Å². The Morgan fingerprint density at radius 2 is 2.14 bits per heavy atom. The second-order valence-corrected chi connectivity index (χ2v) is 6.18. The lowest BCUT2D eigenvalue weighted by atomic mass is 10.1. The van der Waals surface area contributed by atoms with Gasteiger partial charge in [0.15, 0.2) is 0 Å². The van der Waals surface area contributed by atoms with Crippen molar-refractivity contribution in [2.45, 2.75) is 13.3 Å². The van der Waals surface area contributed by atoms with Gasteiger partial charge in [0.2, 0.25) is 0 Å². The molecule has 1 N–H and O–H groups in total. The summed E-state index contributed by atoms with van der Waals surface area (Å²) in [6, 6.07) is 8.12. The molecule has 106 valence electrons. The van der Waals surface area contributed by atoms with Crippen LogP contribution < -0.4 is 5.32 Å². The highest BCUT2D eigenvalue weighted by Gasteiger charge is 2.22. The molecule has 2 heterocycles. The Morgan fingerprint density at radius 1 is 1.38 bits per heavy atom. The van der Waals surface area contributed by atoms with E-state index in [-0.39, 0.29) is 5.91 Å². The first-order valence-electron chi connectivity index (χ1n) is 6.42. The number of benzene rings is 1. The minimum Gasteiger partial charge on any atom is -0.307 e. The predicted octanol–water partition coefficient (Wildman–Crippen LogP) is 2.32. The number of thioether (sulfide) groups is 1. The minimum absolute atomic E-state index is 0.188. The molecule has 2 aromatic rings. The number of rotatable bonds is 3. The maximum absolute atomic E-state index is 11.6. The van der Waals surface area contributed by atoms with Crippen LogP contribution in [0.4, 0.5) is 0 Å². The van der Waals surface area contributed by atoms with Crippen LogP contribution >= 0.6 is 24.0 Å². The zero-order chi connectivity index (χ0) is 14.8. The van der Waals surface area contributed by atoms with Crippen LogP contribution in [0.15, 0.2) is 35.4 Å². The largest absolute Gasteiger partial charge is 0.307 e. The smallest absolute Gasteiger partial charge is 0.263 e. The first kappa shape index (κ1) is 14.0. The predicted molar refractivity (Wildman–Crippen MR) is 87.0 cm³/mol. The molecule has 0 aliphatic carbocycles. The summed E-state index contributed by atoms with van der Waals surface area (Å²) < 4.78 is 2.15. The highest BCUT2D eigenvalue weighted by molar-refractivity contribution is 8.26. The molecule has 21 heavy (non-hydrogen) atoms. The summed E-state index contributed by atoms with van der Waals surface area (Å²) >= 11 is 6.18. The number of nitrogens with one attached hydrogen (secondary N) is 1. The minimum atomic E-state index is -0.188. The van der Waals surface area contributed by atoms with Crippen LogP contribution in [0.25, 0.3) is 11.8 Å². The normalized spacial score (nSPS) is 16.5. The molecule has 0 bridgehead atoms. The van der Waals surface area contributed by atoms with E-state index in [0.29, 0.717) is 14.9 Å². The summed E-state index contributed by atoms with van der Waals surface area (Å²) in [5.41, 5.74) is 2.83. The fraction of sp³-hybridized carbons (Fsp3) is 0.143. The highest BCUT2D eigenvalue weighted by atomic mass is 32.2. The lowest BCUT2D eigenvalue weighted by Gasteiger charge is -2.00. The molecule has 0 radical (unpaired) electrons. The molecule has 0 atom stereocenters. The van der Waals surface area contributed by atoms with E-state index in [0.717, 1.165) is 12.1 Å².